The minimum atomic E-state index is -0.193. The number of hydrogen-bond acceptors (Lipinski definition) is 2. The molecule has 1 aliphatic rings. The fourth-order valence-electron chi connectivity index (χ4n) is 2.86. The standard InChI is InChI=1S/C15H17ClFIN2O/c16-4-3-15-19-13-7-12(18)11(17)6-14(13)20(15)8-10-2-1-5-21-9-10/h6-7,10H,1-5,8-9H2. The van der Waals surface area contributed by atoms with Gasteiger partial charge in [0.15, 0.2) is 0 Å². The Morgan fingerprint density at radius 3 is 3.05 bits per heavy atom. The number of halogens is 3. The van der Waals surface area contributed by atoms with Crippen molar-refractivity contribution in [3.63, 3.8) is 0 Å². The lowest BCUT2D eigenvalue weighted by Gasteiger charge is -2.23. The molecule has 3 nitrogen and oxygen atoms in total. The first-order valence-electron chi connectivity index (χ1n) is 7.17. The van der Waals surface area contributed by atoms with Gasteiger partial charge in [0, 0.05) is 37.4 Å². The molecule has 1 aromatic heterocycles. The summed E-state index contributed by atoms with van der Waals surface area (Å²) in [4.78, 5) is 4.64. The maximum atomic E-state index is 13.9. The summed E-state index contributed by atoms with van der Waals surface area (Å²) in [6.07, 6.45) is 2.93. The lowest BCUT2D eigenvalue weighted by atomic mass is 10.0. The van der Waals surface area contributed by atoms with E-state index in [1.54, 1.807) is 12.1 Å². The number of aromatic nitrogens is 2. The number of aryl methyl sites for hydroxylation is 1. The maximum absolute atomic E-state index is 13.9. The number of fused-ring (bicyclic) bond motifs is 1. The van der Waals surface area contributed by atoms with Gasteiger partial charge in [0.2, 0.25) is 0 Å². The van der Waals surface area contributed by atoms with Crippen LogP contribution in [-0.2, 0) is 17.7 Å². The minimum Gasteiger partial charge on any atom is -0.381 e. The molecule has 0 bridgehead atoms. The molecular formula is C15H17ClFIN2O. The summed E-state index contributed by atoms with van der Waals surface area (Å²) in [5.74, 6) is 1.73. The quantitative estimate of drug-likeness (QED) is 0.550. The number of hydrogen-bond donors (Lipinski definition) is 0. The summed E-state index contributed by atoms with van der Waals surface area (Å²) >= 11 is 7.89. The Hall–Kier alpha value is -0.400. The number of nitrogens with zero attached hydrogens (tertiary/aromatic N) is 2. The smallest absolute Gasteiger partial charge is 0.138 e. The number of rotatable bonds is 4. The molecule has 2 heterocycles. The molecule has 1 atom stereocenters. The van der Waals surface area contributed by atoms with Crippen LogP contribution in [0.1, 0.15) is 18.7 Å². The van der Waals surface area contributed by atoms with Crippen LogP contribution in [0.5, 0.6) is 0 Å². The van der Waals surface area contributed by atoms with Gasteiger partial charge in [-0.15, -0.1) is 11.6 Å². The minimum absolute atomic E-state index is 0.193. The predicted octanol–water partition coefficient (Wildman–Crippen LogP) is 3.99. The summed E-state index contributed by atoms with van der Waals surface area (Å²) in [5.41, 5.74) is 1.70. The number of imidazole rings is 1. The molecule has 21 heavy (non-hydrogen) atoms. The molecule has 6 heteroatoms. The van der Waals surface area contributed by atoms with Gasteiger partial charge in [-0.2, -0.15) is 0 Å². The number of alkyl halides is 1. The molecule has 1 saturated heterocycles. The van der Waals surface area contributed by atoms with Crippen molar-refractivity contribution >= 4 is 45.2 Å². The van der Waals surface area contributed by atoms with Gasteiger partial charge >= 0.3 is 0 Å². The van der Waals surface area contributed by atoms with Gasteiger partial charge in [0.05, 0.1) is 21.2 Å². The van der Waals surface area contributed by atoms with Crippen molar-refractivity contribution in [1.29, 1.82) is 0 Å². The Labute approximate surface area is 142 Å². The highest BCUT2D eigenvalue weighted by atomic mass is 127. The van der Waals surface area contributed by atoms with Crippen LogP contribution < -0.4 is 0 Å². The summed E-state index contributed by atoms with van der Waals surface area (Å²) in [7, 11) is 0. The third kappa shape index (κ3) is 3.35. The van der Waals surface area contributed by atoms with Crippen LogP contribution in [0.3, 0.4) is 0 Å². The van der Waals surface area contributed by atoms with E-state index in [0.717, 1.165) is 49.5 Å². The van der Waals surface area contributed by atoms with Crippen LogP contribution in [0.4, 0.5) is 4.39 Å². The second-order valence-electron chi connectivity index (χ2n) is 5.42. The van der Waals surface area contributed by atoms with E-state index in [1.807, 2.05) is 22.6 Å². The third-order valence-electron chi connectivity index (χ3n) is 3.88. The summed E-state index contributed by atoms with van der Waals surface area (Å²) < 4.78 is 22.2. The zero-order valence-electron chi connectivity index (χ0n) is 11.6. The molecule has 0 spiro atoms. The van der Waals surface area contributed by atoms with E-state index in [2.05, 4.69) is 9.55 Å². The molecule has 1 aliphatic heterocycles. The van der Waals surface area contributed by atoms with Crippen molar-refractivity contribution in [3.05, 3.63) is 27.3 Å². The van der Waals surface area contributed by atoms with Crippen molar-refractivity contribution < 1.29 is 9.13 Å². The van der Waals surface area contributed by atoms with Crippen LogP contribution in [0.25, 0.3) is 11.0 Å². The second-order valence-corrected chi connectivity index (χ2v) is 6.96. The number of ether oxygens (including phenoxy) is 1. The SMILES string of the molecule is Fc1cc2c(cc1I)nc(CCCl)n2CC1CCCOC1. The van der Waals surface area contributed by atoms with E-state index in [4.69, 9.17) is 16.3 Å². The van der Waals surface area contributed by atoms with Crippen molar-refractivity contribution in [2.45, 2.75) is 25.8 Å². The molecule has 1 fully saturated rings. The fraction of sp³-hybridized carbons (Fsp3) is 0.533. The largest absolute Gasteiger partial charge is 0.381 e. The van der Waals surface area contributed by atoms with Gasteiger partial charge in [-0.25, -0.2) is 9.37 Å². The molecule has 1 unspecified atom stereocenters. The Morgan fingerprint density at radius 1 is 1.48 bits per heavy atom. The van der Waals surface area contributed by atoms with Crippen LogP contribution in [0.15, 0.2) is 12.1 Å². The highest BCUT2D eigenvalue weighted by Crippen LogP contribution is 2.25. The molecule has 2 aromatic rings. The van der Waals surface area contributed by atoms with Crippen LogP contribution in [0, 0.1) is 15.3 Å². The lowest BCUT2D eigenvalue weighted by molar-refractivity contribution is 0.0485. The van der Waals surface area contributed by atoms with Gasteiger partial charge in [0.1, 0.15) is 11.6 Å². The first kappa shape index (κ1) is 15.5. The van der Waals surface area contributed by atoms with Gasteiger partial charge in [-0.05, 0) is 41.5 Å². The second kappa shape index (κ2) is 6.79. The lowest BCUT2D eigenvalue weighted by Crippen LogP contribution is -2.23. The van der Waals surface area contributed by atoms with E-state index in [1.165, 1.54) is 0 Å². The maximum Gasteiger partial charge on any atom is 0.138 e. The van der Waals surface area contributed by atoms with E-state index < -0.39 is 0 Å². The van der Waals surface area contributed by atoms with Gasteiger partial charge in [0.25, 0.3) is 0 Å². The first-order valence-corrected chi connectivity index (χ1v) is 8.78. The molecule has 114 valence electrons. The Balaban J connectivity index is 2.00. The monoisotopic (exact) mass is 422 g/mol. The summed E-state index contributed by atoms with van der Waals surface area (Å²) in [5, 5.41) is 0. The molecule has 1 aromatic carbocycles. The topological polar surface area (TPSA) is 27.1 Å². The van der Waals surface area contributed by atoms with Crippen molar-refractivity contribution in [2.24, 2.45) is 5.92 Å². The average molecular weight is 423 g/mol. The predicted molar refractivity (Wildman–Crippen MR) is 90.4 cm³/mol. The molecule has 0 radical (unpaired) electrons. The van der Waals surface area contributed by atoms with E-state index in [0.29, 0.717) is 21.8 Å². The van der Waals surface area contributed by atoms with Crippen molar-refractivity contribution in [1.82, 2.24) is 9.55 Å². The summed E-state index contributed by atoms with van der Waals surface area (Å²) in [6, 6.07) is 3.39. The van der Waals surface area contributed by atoms with Crippen molar-refractivity contribution in [2.75, 3.05) is 19.1 Å². The van der Waals surface area contributed by atoms with Gasteiger partial charge < -0.3 is 9.30 Å². The molecule has 0 saturated carbocycles. The zero-order valence-corrected chi connectivity index (χ0v) is 14.5. The Kier molecular flexibility index (Phi) is 5.01. The van der Waals surface area contributed by atoms with Crippen LogP contribution in [0.2, 0.25) is 0 Å². The normalized spacial score (nSPS) is 19.3. The Bertz CT molecular complexity index is 640. The van der Waals surface area contributed by atoms with Crippen LogP contribution >= 0.6 is 34.2 Å². The Morgan fingerprint density at radius 2 is 2.33 bits per heavy atom. The molecule has 0 amide bonds. The van der Waals surface area contributed by atoms with E-state index in [-0.39, 0.29) is 5.82 Å². The van der Waals surface area contributed by atoms with Crippen LogP contribution in [-0.4, -0.2) is 28.6 Å². The van der Waals surface area contributed by atoms with Gasteiger partial charge in [-0.3, -0.25) is 0 Å². The third-order valence-corrected chi connectivity index (χ3v) is 4.90. The highest BCUT2D eigenvalue weighted by molar-refractivity contribution is 14.1. The summed E-state index contributed by atoms with van der Waals surface area (Å²) in [6.45, 7) is 2.44. The zero-order chi connectivity index (χ0) is 14.8. The molecule has 3 rings (SSSR count). The molecular weight excluding hydrogens is 406 g/mol. The molecule has 0 N–H and O–H groups in total. The molecule has 0 aliphatic carbocycles. The first-order chi connectivity index (χ1) is 10.2. The van der Waals surface area contributed by atoms with E-state index >= 15 is 0 Å². The van der Waals surface area contributed by atoms with Gasteiger partial charge in [-0.1, -0.05) is 0 Å². The number of benzene rings is 1. The highest BCUT2D eigenvalue weighted by Gasteiger charge is 2.19. The average Bonchev–Trinajstić information content (AvgIpc) is 2.79. The fourth-order valence-corrected chi connectivity index (χ4v) is 3.48. The van der Waals surface area contributed by atoms with E-state index in [9.17, 15) is 4.39 Å². The van der Waals surface area contributed by atoms with Crippen molar-refractivity contribution in [3.8, 4) is 0 Å².